The molecule has 0 bridgehead atoms. The van der Waals surface area contributed by atoms with Crippen molar-refractivity contribution in [2.45, 2.75) is 0 Å². The molecule has 0 aliphatic heterocycles. The van der Waals surface area contributed by atoms with E-state index in [1.54, 1.807) is 11.7 Å². The van der Waals surface area contributed by atoms with E-state index in [9.17, 15) is 0 Å². The number of thiazole rings is 1. The van der Waals surface area contributed by atoms with Crippen molar-refractivity contribution >= 4 is 28.8 Å². The van der Waals surface area contributed by atoms with Gasteiger partial charge in [-0.05, 0) is 17.7 Å². The van der Waals surface area contributed by atoms with Crippen LogP contribution >= 0.6 is 22.9 Å². The maximum Gasteiger partial charge on any atom is 0.153 e. The molecule has 3 rings (SSSR count). The number of hydrogen-bond acceptors (Lipinski definition) is 4. The first-order valence-electron chi connectivity index (χ1n) is 5.24. The fourth-order valence-corrected chi connectivity index (χ4v) is 2.62. The molecule has 0 radical (unpaired) electrons. The van der Waals surface area contributed by atoms with E-state index in [0.717, 1.165) is 21.7 Å². The highest BCUT2D eigenvalue weighted by atomic mass is 35.5. The molecule has 0 unspecified atom stereocenters. The number of halogens is 1. The Kier molecular flexibility index (Phi) is 2.77. The van der Waals surface area contributed by atoms with Crippen molar-refractivity contribution in [3.05, 3.63) is 41.0 Å². The zero-order chi connectivity index (χ0) is 12.5. The summed E-state index contributed by atoms with van der Waals surface area (Å²) in [6.07, 6.45) is 1.78. The molecule has 0 saturated heterocycles. The minimum Gasteiger partial charge on any atom is -0.382 e. The molecule has 0 amide bonds. The van der Waals surface area contributed by atoms with Crippen LogP contribution < -0.4 is 5.73 Å². The normalized spacial score (nSPS) is 10.7. The van der Waals surface area contributed by atoms with Crippen LogP contribution in [0.5, 0.6) is 0 Å². The Morgan fingerprint density at radius 2 is 2.22 bits per heavy atom. The Morgan fingerprint density at radius 3 is 2.94 bits per heavy atom. The number of H-pyrrole nitrogens is 1. The molecule has 6 heteroatoms. The van der Waals surface area contributed by atoms with Crippen molar-refractivity contribution in [3.8, 4) is 21.7 Å². The summed E-state index contributed by atoms with van der Waals surface area (Å²) in [5.41, 5.74) is 10.4. The van der Waals surface area contributed by atoms with Crippen LogP contribution in [0.3, 0.4) is 0 Å². The first kappa shape index (κ1) is 11.3. The second-order valence-electron chi connectivity index (χ2n) is 3.73. The number of aromatic amines is 1. The van der Waals surface area contributed by atoms with E-state index in [1.165, 1.54) is 11.3 Å². The molecular weight excluding hydrogens is 268 g/mol. The topological polar surface area (TPSA) is 67.6 Å². The lowest BCUT2D eigenvalue weighted by atomic mass is 10.1. The number of nitrogen functional groups attached to an aromatic ring is 1. The van der Waals surface area contributed by atoms with Gasteiger partial charge >= 0.3 is 0 Å². The first-order valence-corrected chi connectivity index (χ1v) is 6.50. The fourth-order valence-electron chi connectivity index (χ4n) is 1.81. The van der Waals surface area contributed by atoms with Gasteiger partial charge in [-0.2, -0.15) is 5.10 Å². The molecule has 0 aliphatic rings. The number of nitrogens with two attached hydrogens (primary N) is 1. The number of rotatable bonds is 2. The van der Waals surface area contributed by atoms with Gasteiger partial charge in [0.15, 0.2) is 5.82 Å². The Balaban J connectivity index is 2.20. The Bertz CT molecular complexity index is 675. The van der Waals surface area contributed by atoms with Crippen molar-refractivity contribution in [1.29, 1.82) is 0 Å². The Morgan fingerprint density at radius 1 is 1.33 bits per heavy atom. The molecule has 0 saturated carbocycles. The third-order valence-corrected chi connectivity index (χ3v) is 3.61. The molecule has 0 aliphatic carbocycles. The van der Waals surface area contributed by atoms with Gasteiger partial charge in [-0.15, -0.1) is 11.3 Å². The minimum absolute atomic E-state index is 0.459. The van der Waals surface area contributed by atoms with E-state index in [2.05, 4.69) is 15.2 Å². The summed E-state index contributed by atoms with van der Waals surface area (Å²) < 4.78 is 0. The Hall–Kier alpha value is -1.85. The highest BCUT2D eigenvalue weighted by Gasteiger charge is 2.15. The summed E-state index contributed by atoms with van der Waals surface area (Å²) >= 11 is 7.54. The van der Waals surface area contributed by atoms with Gasteiger partial charge < -0.3 is 5.73 Å². The highest BCUT2D eigenvalue weighted by molar-refractivity contribution is 7.13. The SMILES string of the molecule is Nc1n[nH]c(-c2cncs2)c1-c1cccc(Cl)c1. The number of anilines is 1. The van der Waals surface area contributed by atoms with Crippen LogP contribution in [0.25, 0.3) is 21.7 Å². The maximum absolute atomic E-state index is 6.01. The third kappa shape index (κ3) is 1.87. The standard InChI is InChI=1S/C12H9ClN4S/c13-8-3-1-2-7(4-8)10-11(16-17-12(10)14)9-5-15-6-18-9/h1-6H,(H3,14,16,17). The summed E-state index contributed by atoms with van der Waals surface area (Å²) in [6, 6.07) is 7.54. The van der Waals surface area contributed by atoms with Gasteiger partial charge in [-0.3, -0.25) is 10.1 Å². The molecule has 0 fully saturated rings. The summed E-state index contributed by atoms with van der Waals surface area (Å²) in [6.45, 7) is 0. The zero-order valence-corrected chi connectivity index (χ0v) is 10.8. The lowest BCUT2D eigenvalue weighted by Crippen LogP contribution is -1.88. The van der Waals surface area contributed by atoms with E-state index in [0.29, 0.717) is 10.8 Å². The van der Waals surface area contributed by atoms with Crippen LogP contribution in [0.1, 0.15) is 0 Å². The largest absolute Gasteiger partial charge is 0.382 e. The van der Waals surface area contributed by atoms with Gasteiger partial charge in [-0.1, -0.05) is 23.7 Å². The molecule has 3 aromatic rings. The van der Waals surface area contributed by atoms with E-state index in [4.69, 9.17) is 17.3 Å². The second-order valence-corrected chi connectivity index (χ2v) is 5.06. The number of hydrogen-bond donors (Lipinski definition) is 2. The summed E-state index contributed by atoms with van der Waals surface area (Å²) in [7, 11) is 0. The van der Waals surface area contributed by atoms with Gasteiger partial charge in [-0.25, -0.2) is 0 Å². The van der Waals surface area contributed by atoms with Crippen LogP contribution in [-0.2, 0) is 0 Å². The highest BCUT2D eigenvalue weighted by Crippen LogP contribution is 2.36. The van der Waals surface area contributed by atoms with E-state index < -0.39 is 0 Å². The molecule has 3 N–H and O–H groups in total. The number of benzene rings is 1. The summed E-state index contributed by atoms with van der Waals surface area (Å²) in [4.78, 5) is 5.06. The molecule has 4 nitrogen and oxygen atoms in total. The predicted molar refractivity (Wildman–Crippen MR) is 74.6 cm³/mol. The van der Waals surface area contributed by atoms with Crippen LogP contribution in [0, 0.1) is 0 Å². The summed E-state index contributed by atoms with van der Waals surface area (Å²) in [5.74, 6) is 0.459. The maximum atomic E-state index is 6.01. The third-order valence-electron chi connectivity index (χ3n) is 2.59. The average molecular weight is 277 g/mol. The monoisotopic (exact) mass is 276 g/mol. The molecular formula is C12H9ClN4S. The number of aromatic nitrogens is 3. The molecule has 2 heterocycles. The molecule has 0 spiro atoms. The van der Waals surface area contributed by atoms with Crippen molar-refractivity contribution in [2.24, 2.45) is 0 Å². The van der Waals surface area contributed by atoms with Gasteiger partial charge in [0.05, 0.1) is 21.6 Å². The fraction of sp³-hybridized carbons (Fsp3) is 0. The predicted octanol–water partition coefficient (Wildman–Crippen LogP) is 3.44. The van der Waals surface area contributed by atoms with Gasteiger partial charge in [0, 0.05) is 11.2 Å². The minimum atomic E-state index is 0.459. The van der Waals surface area contributed by atoms with Crippen molar-refractivity contribution in [2.75, 3.05) is 5.73 Å². The van der Waals surface area contributed by atoms with Crippen molar-refractivity contribution in [1.82, 2.24) is 15.2 Å². The molecule has 2 aromatic heterocycles. The molecule has 1 aromatic carbocycles. The first-order chi connectivity index (χ1) is 8.75. The summed E-state index contributed by atoms with van der Waals surface area (Å²) in [5, 5.41) is 7.68. The molecule has 0 atom stereocenters. The molecule has 18 heavy (non-hydrogen) atoms. The van der Waals surface area contributed by atoms with Crippen LogP contribution in [0.4, 0.5) is 5.82 Å². The van der Waals surface area contributed by atoms with Gasteiger partial charge in [0.25, 0.3) is 0 Å². The van der Waals surface area contributed by atoms with Gasteiger partial charge in [0.1, 0.15) is 0 Å². The lowest BCUT2D eigenvalue weighted by molar-refractivity contribution is 1.10. The van der Waals surface area contributed by atoms with Crippen LogP contribution in [0.2, 0.25) is 5.02 Å². The average Bonchev–Trinajstić information content (AvgIpc) is 2.97. The number of nitrogens with zero attached hydrogens (tertiary/aromatic N) is 2. The van der Waals surface area contributed by atoms with Gasteiger partial charge in [0.2, 0.25) is 0 Å². The zero-order valence-electron chi connectivity index (χ0n) is 9.22. The quantitative estimate of drug-likeness (QED) is 0.753. The molecule has 90 valence electrons. The van der Waals surface area contributed by atoms with Crippen molar-refractivity contribution in [3.63, 3.8) is 0 Å². The van der Waals surface area contributed by atoms with Crippen molar-refractivity contribution < 1.29 is 0 Å². The number of nitrogens with one attached hydrogen (secondary N) is 1. The second kappa shape index (κ2) is 4.44. The van der Waals surface area contributed by atoms with E-state index in [-0.39, 0.29) is 0 Å². The van der Waals surface area contributed by atoms with Crippen LogP contribution in [-0.4, -0.2) is 15.2 Å². The Labute approximate surface area is 112 Å². The van der Waals surface area contributed by atoms with E-state index >= 15 is 0 Å². The van der Waals surface area contributed by atoms with E-state index in [1.807, 2.05) is 24.3 Å². The lowest BCUT2D eigenvalue weighted by Gasteiger charge is -2.03. The van der Waals surface area contributed by atoms with Crippen LogP contribution in [0.15, 0.2) is 36.0 Å². The smallest absolute Gasteiger partial charge is 0.153 e.